The minimum Gasteiger partial charge on any atom is -0.355 e. The summed E-state index contributed by atoms with van der Waals surface area (Å²) >= 11 is 0. The minimum absolute atomic E-state index is 0.0576. The molecule has 0 atom stereocenters. The third-order valence-electron chi connectivity index (χ3n) is 3.15. The summed E-state index contributed by atoms with van der Waals surface area (Å²) in [4.78, 5) is 25.3. The predicted molar refractivity (Wildman–Crippen MR) is 85.2 cm³/mol. The average molecular weight is 301 g/mol. The van der Waals surface area contributed by atoms with Gasteiger partial charge in [-0.15, -0.1) is 0 Å². The van der Waals surface area contributed by atoms with Crippen LogP contribution in [0, 0.1) is 0 Å². The van der Waals surface area contributed by atoms with Crippen molar-refractivity contribution >= 4 is 11.8 Å². The van der Waals surface area contributed by atoms with E-state index >= 15 is 0 Å². The highest BCUT2D eigenvalue weighted by Gasteiger charge is 2.08. The van der Waals surface area contributed by atoms with Gasteiger partial charge in [-0.25, -0.2) is 0 Å². The molecule has 0 spiro atoms. The summed E-state index contributed by atoms with van der Waals surface area (Å²) < 4.78 is 0. The standard InChI is InChI=1S/C14H31N5O2/c1-4-19(11-5-13(20)17-9-7-15-2)12-6-14(21)18-10-8-16-3/h15-16H,4-12H2,1-3H3,(H,17,20)(H,18,21). The number of hydrogen-bond donors (Lipinski definition) is 4. The van der Waals surface area contributed by atoms with Crippen molar-refractivity contribution in [1.29, 1.82) is 0 Å². The van der Waals surface area contributed by atoms with Gasteiger partial charge in [0.1, 0.15) is 0 Å². The molecule has 0 rings (SSSR count). The van der Waals surface area contributed by atoms with E-state index < -0.39 is 0 Å². The second-order valence-electron chi connectivity index (χ2n) is 4.84. The molecule has 0 fully saturated rings. The Labute approximate surface area is 128 Å². The van der Waals surface area contributed by atoms with Crippen LogP contribution in [0.4, 0.5) is 0 Å². The van der Waals surface area contributed by atoms with Gasteiger partial charge in [-0.1, -0.05) is 6.92 Å². The molecule has 0 unspecified atom stereocenters. The van der Waals surface area contributed by atoms with Crippen molar-refractivity contribution in [1.82, 2.24) is 26.2 Å². The quantitative estimate of drug-likeness (QED) is 0.320. The first-order chi connectivity index (χ1) is 10.1. The van der Waals surface area contributed by atoms with Crippen LogP contribution in [0.2, 0.25) is 0 Å². The van der Waals surface area contributed by atoms with Gasteiger partial charge in [-0.05, 0) is 20.6 Å². The molecule has 0 bridgehead atoms. The number of nitrogens with zero attached hydrogens (tertiary/aromatic N) is 1. The van der Waals surface area contributed by atoms with Crippen molar-refractivity contribution in [2.24, 2.45) is 0 Å². The first-order valence-corrected chi connectivity index (χ1v) is 7.69. The van der Waals surface area contributed by atoms with E-state index in [0.29, 0.717) is 39.0 Å². The van der Waals surface area contributed by atoms with E-state index in [-0.39, 0.29) is 11.8 Å². The van der Waals surface area contributed by atoms with Crippen molar-refractivity contribution in [2.45, 2.75) is 19.8 Å². The number of carbonyl (C=O) groups excluding carboxylic acids is 2. The average Bonchev–Trinajstić information content (AvgIpc) is 2.48. The third kappa shape index (κ3) is 12.3. The normalized spacial score (nSPS) is 10.7. The van der Waals surface area contributed by atoms with Crippen molar-refractivity contribution in [2.75, 3.05) is 59.9 Å². The van der Waals surface area contributed by atoms with Crippen LogP contribution >= 0.6 is 0 Å². The predicted octanol–water partition coefficient (Wildman–Crippen LogP) is -1.24. The molecule has 0 aliphatic rings. The zero-order valence-corrected chi connectivity index (χ0v) is 13.6. The fourth-order valence-corrected chi connectivity index (χ4v) is 1.78. The summed E-state index contributed by atoms with van der Waals surface area (Å²) in [7, 11) is 3.71. The van der Waals surface area contributed by atoms with Gasteiger partial charge in [0.2, 0.25) is 11.8 Å². The number of carbonyl (C=O) groups is 2. The monoisotopic (exact) mass is 301 g/mol. The molecule has 0 aliphatic carbocycles. The van der Waals surface area contributed by atoms with Crippen LogP contribution in [-0.2, 0) is 9.59 Å². The van der Waals surface area contributed by atoms with Crippen LogP contribution in [0.25, 0.3) is 0 Å². The zero-order chi connectivity index (χ0) is 15.9. The maximum Gasteiger partial charge on any atom is 0.221 e. The summed E-state index contributed by atoms with van der Waals surface area (Å²) in [5, 5.41) is 11.7. The molecule has 7 nitrogen and oxygen atoms in total. The maximum absolute atomic E-state index is 11.6. The minimum atomic E-state index is 0.0576. The van der Waals surface area contributed by atoms with Gasteiger partial charge in [-0.2, -0.15) is 0 Å². The van der Waals surface area contributed by atoms with Gasteiger partial charge in [0.15, 0.2) is 0 Å². The molecule has 0 aromatic rings. The van der Waals surface area contributed by atoms with E-state index in [4.69, 9.17) is 0 Å². The van der Waals surface area contributed by atoms with Crippen LogP contribution in [0.15, 0.2) is 0 Å². The Hall–Kier alpha value is -1.18. The number of hydrogen-bond acceptors (Lipinski definition) is 5. The fourth-order valence-electron chi connectivity index (χ4n) is 1.78. The topological polar surface area (TPSA) is 85.5 Å². The van der Waals surface area contributed by atoms with Gasteiger partial charge < -0.3 is 26.2 Å². The Morgan fingerprint density at radius 3 is 1.57 bits per heavy atom. The van der Waals surface area contributed by atoms with Crippen molar-refractivity contribution in [3.63, 3.8) is 0 Å². The van der Waals surface area contributed by atoms with Crippen molar-refractivity contribution < 1.29 is 9.59 Å². The van der Waals surface area contributed by atoms with E-state index in [1.165, 1.54) is 0 Å². The Morgan fingerprint density at radius 2 is 1.24 bits per heavy atom. The summed E-state index contributed by atoms with van der Waals surface area (Å²) in [6, 6.07) is 0. The highest BCUT2D eigenvalue weighted by Crippen LogP contribution is 1.94. The summed E-state index contributed by atoms with van der Waals surface area (Å²) in [6.45, 7) is 7.10. The molecular formula is C14H31N5O2. The third-order valence-corrected chi connectivity index (χ3v) is 3.15. The van der Waals surface area contributed by atoms with Crippen LogP contribution in [0.5, 0.6) is 0 Å². The summed E-state index contributed by atoms with van der Waals surface area (Å²) in [5.41, 5.74) is 0. The molecule has 21 heavy (non-hydrogen) atoms. The molecule has 2 amide bonds. The molecule has 0 saturated carbocycles. The van der Waals surface area contributed by atoms with E-state index in [2.05, 4.69) is 26.2 Å². The maximum atomic E-state index is 11.6. The smallest absolute Gasteiger partial charge is 0.221 e. The lowest BCUT2D eigenvalue weighted by molar-refractivity contribution is -0.121. The molecule has 0 radical (unpaired) electrons. The molecule has 0 heterocycles. The van der Waals surface area contributed by atoms with E-state index in [1.807, 2.05) is 21.0 Å². The fraction of sp³-hybridized carbons (Fsp3) is 0.857. The first kappa shape index (κ1) is 19.8. The Bertz CT molecular complexity index is 261. The molecule has 124 valence electrons. The van der Waals surface area contributed by atoms with Crippen LogP contribution in [0.1, 0.15) is 19.8 Å². The van der Waals surface area contributed by atoms with Gasteiger partial charge in [0, 0.05) is 52.1 Å². The SMILES string of the molecule is CCN(CCC(=O)NCCNC)CCC(=O)NCCNC. The lowest BCUT2D eigenvalue weighted by Gasteiger charge is -2.19. The number of likely N-dealkylation sites (N-methyl/N-ethyl adjacent to an activating group) is 2. The largest absolute Gasteiger partial charge is 0.355 e. The van der Waals surface area contributed by atoms with E-state index in [0.717, 1.165) is 19.6 Å². The number of nitrogens with one attached hydrogen (secondary N) is 4. The second kappa shape index (κ2) is 13.8. The second-order valence-corrected chi connectivity index (χ2v) is 4.84. The van der Waals surface area contributed by atoms with Gasteiger partial charge in [0.05, 0.1) is 0 Å². The molecule has 0 aromatic heterocycles. The van der Waals surface area contributed by atoms with Crippen molar-refractivity contribution in [3.8, 4) is 0 Å². The van der Waals surface area contributed by atoms with Crippen LogP contribution in [-0.4, -0.2) is 76.6 Å². The highest BCUT2D eigenvalue weighted by atomic mass is 16.2. The first-order valence-electron chi connectivity index (χ1n) is 7.69. The lowest BCUT2D eigenvalue weighted by atomic mass is 10.3. The molecule has 0 aromatic carbocycles. The molecule has 7 heteroatoms. The Morgan fingerprint density at radius 1 is 0.810 bits per heavy atom. The Balaban J connectivity index is 3.74. The number of rotatable bonds is 13. The van der Waals surface area contributed by atoms with Crippen LogP contribution in [0.3, 0.4) is 0 Å². The zero-order valence-electron chi connectivity index (χ0n) is 13.6. The van der Waals surface area contributed by atoms with Gasteiger partial charge >= 0.3 is 0 Å². The van der Waals surface area contributed by atoms with Gasteiger partial charge in [-0.3, -0.25) is 9.59 Å². The lowest BCUT2D eigenvalue weighted by Crippen LogP contribution is -2.36. The van der Waals surface area contributed by atoms with E-state index in [9.17, 15) is 9.59 Å². The van der Waals surface area contributed by atoms with Crippen molar-refractivity contribution in [3.05, 3.63) is 0 Å². The molecular weight excluding hydrogens is 270 g/mol. The van der Waals surface area contributed by atoms with Crippen LogP contribution < -0.4 is 21.3 Å². The molecule has 4 N–H and O–H groups in total. The summed E-state index contributed by atoms with van der Waals surface area (Å²) in [6.07, 6.45) is 0.942. The number of amides is 2. The Kier molecular flexibility index (Phi) is 13.0. The highest BCUT2D eigenvalue weighted by molar-refractivity contribution is 5.76. The van der Waals surface area contributed by atoms with E-state index in [1.54, 1.807) is 0 Å². The summed E-state index contributed by atoms with van der Waals surface area (Å²) in [5.74, 6) is 0.115. The molecule has 0 aliphatic heterocycles. The van der Waals surface area contributed by atoms with Gasteiger partial charge in [0.25, 0.3) is 0 Å². The molecule has 0 saturated heterocycles.